The van der Waals surface area contributed by atoms with Gasteiger partial charge in [0, 0.05) is 5.41 Å². The molecule has 1 nitrogen and oxygen atoms in total. The van der Waals surface area contributed by atoms with Crippen molar-refractivity contribution >= 4 is 0 Å². The van der Waals surface area contributed by atoms with E-state index in [0.717, 1.165) is 6.42 Å². The Morgan fingerprint density at radius 1 is 1.21 bits per heavy atom. The third-order valence-corrected chi connectivity index (χ3v) is 4.64. The maximum Gasteiger partial charge on any atom is 0.0777 e. The lowest BCUT2D eigenvalue weighted by Crippen LogP contribution is -2.49. The van der Waals surface area contributed by atoms with Crippen LogP contribution in [0.3, 0.4) is 0 Å². The molecule has 0 aromatic rings. The number of fused-ring (bicyclic) bond motifs is 1. The Balaban J connectivity index is 2.34. The van der Waals surface area contributed by atoms with E-state index in [9.17, 15) is 5.11 Å². The van der Waals surface area contributed by atoms with Crippen molar-refractivity contribution in [2.45, 2.75) is 52.6 Å². The molecular formula is C13H22O. The largest absolute Gasteiger partial charge is 0.388 e. The van der Waals surface area contributed by atoms with Gasteiger partial charge < -0.3 is 5.11 Å². The second-order valence-corrected chi connectivity index (χ2v) is 6.01. The van der Waals surface area contributed by atoms with Crippen LogP contribution >= 0.6 is 0 Å². The van der Waals surface area contributed by atoms with Gasteiger partial charge in [-0.2, -0.15) is 0 Å². The molecule has 1 N–H and O–H groups in total. The van der Waals surface area contributed by atoms with Crippen molar-refractivity contribution in [2.24, 2.45) is 16.7 Å². The number of hydrogen-bond donors (Lipinski definition) is 1. The van der Waals surface area contributed by atoms with E-state index in [4.69, 9.17) is 0 Å². The first-order valence-corrected chi connectivity index (χ1v) is 5.81. The highest BCUT2D eigenvalue weighted by Crippen LogP contribution is 2.55. The summed E-state index contributed by atoms with van der Waals surface area (Å²) in [7, 11) is 0. The normalized spacial score (nSPS) is 46.0. The van der Waals surface area contributed by atoms with Crippen molar-refractivity contribution in [3.63, 3.8) is 0 Å². The average molecular weight is 194 g/mol. The minimum Gasteiger partial charge on any atom is -0.388 e. The fraction of sp³-hybridized carbons (Fsp3) is 0.846. The molecule has 0 radical (unpaired) electrons. The Bertz CT molecular complexity index is 254. The summed E-state index contributed by atoms with van der Waals surface area (Å²) in [5.74, 6) is 0.656. The number of rotatable bonds is 0. The lowest BCUT2D eigenvalue weighted by molar-refractivity contribution is -0.0715. The molecule has 1 fully saturated rings. The Morgan fingerprint density at radius 2 is 1.93 bits per heavy atom. The molecule has 3 atom stereocenters. The molecule has 2 aliphatic carbocycles. The summed E-state index contributed by atoms with van der Waals surface area (Å²) in [5.41, 5.74) is 0.537. The van der Waals surface area contributed by atoms with Gasteiger partial charge in [0.05, 0.1) is 6.10 Å². The van der Waals surface area contributed by atoms with Crippen LogP contribution in [0, 0.1) is 16.7 Å². The molecule has 0 bridgehead atoms. The fourth-order valence-corrected chi connectivity index (χ4v) is 3.67. The molecule has 0 aromatic carbocycles. The number of allylic oxidation sites excluding steroid dienone is 1. The summed E-state index contributed by atoms with van der Waals surface area (Å²) < 4.78 is 0. The van der Waals surface area contributed by atoms with Gasteiger partial charge in [0.25, 0.3) is 0 Å². The minimum atomic E-state index is -0.221. The third kappa shape index (κ3) is 1.33. The third-order valence-electron chi connectivity index (χ3n) is 4.64. The summed E-state index contributed by atoms with van der Waals surface area (Å²) >= 11 is 0. The fourth-order valence-electron chi connectivity index (χ4n) is 3.67. The van der Waals surface area contributed by atoms with Gasteiger partial charge in [-0.15, -0.1) is 0 Å². The second kappa shape index (κ2) is 3.10. The van der Waals surface area contributed by atoms with Crippen LogP contribution in [0.5, 0.6) is 0 Å². The minimum absolute atomic E-state index is 0.135. The zero-order valence-electron chi connectivity index (χ0n) is 9.59. The molecule has 0 unspecified atom stereocenters. The predicted octanol–water partition coefficient (Wildman–Crippen LogP) is 3.14. The Morgan fingerprint density at radius 3 is 2.57 bits per heavy atom. The van der Waals surface area contributed by atoms with Crippen LogP contribution in [0.25, 0.3) is 0 Å². The molecule has 80 valence electrons. The van der Waals surface area contributed by atoms with Gasteiger partial charge in [-0.05, 0) is 30.6 Å². The smallest absolute Gasteiger partial charge is 0.0777 e. The molecule has 2 aliphatic rings. The van der Waals surface area contributed by atoms with Crippen molar-refractivity contribution in [1.82, 2.24) is 0 Å². The van der Waals surface area contributed by atoms with Crippen molar-refractivity contribution < 1.29 is 5.11 Å². The van der Waals surface area contributed by atoms with E-state index >= 15 is 0 Å². The van der Waals surface area contributed by atoms with E-state index in [1.807, 2.05) is 6.08 Å². The summed E-state index contributed by atoms with van der Waals surface area (Å²) in [4.78, 5) is 0. The number of aliphatic hydroxyl groups is 1. The van der Waals surface area contributed by atoms with Crippen LogP contribution in [0.1, 0.15) is 46.5 Å². The maximum absolute atomic E-state index is 10.1. The van der Waals surface area contributed by atoms with Gasteiger partial charge >= 0.3 is 0 Å². The Hall–Kier alpha value is -0.300. The molecule has 0 heterocycles. The summed E-state index contributed by atoms with van der Waals surface area (Å²) in [6.07, 6.45) is 8.87. The summed E-state index contributed by atoms with van der Waals surface area (Å²) in [6, 6.07) is 0. The molecule has 14 heavy (non-hydrogen) atoms. The molecular weight excluding hydrogens is 172 g/mol. The van der Waals surface area contributed by atoms with Crippen molar-refractivity contribution in [3.05, 3.63) is 12.2 Å². The summed E-state index contributed by atoms with van der Waals surface area (Å²) in [5, 5.41) is 10.1. The molecule has 1 saturated carbocycles. The molecule has 1 heteroatoms. The van der Waals surface area contributed by atoms with Crippen LogP contribution < -0.4 is 0 Å². The molecule has 0 spiro atoms. The Labute approximate surface area is 87.2 Å². The lowest BCUT2D eigenvalue weighted by Gasteiger charge is -2.54. The van der Waals surface area contributed by atoms with E-state index in [0.29, 0.717) is 11.3 Å². The zero-order chi connectivity index (χ0) is 10.4. The van der Waals surface area contributed by atoms with Crippen LogP contribution in [-0.2, 0) is 0 Å². The highest BCUT2D eigenvalue weighted by Gasteiger charge is 2.50. The van der Waals surface area contributed by atoms with Gasteiger partial charge in [0.15, 0.2) is 0 Å². The first kappa shape index (κ1) is 10.2. The van der Waals surface area contributed by atoms with Crippen molar-refractivity contribution in [2.75, 3.05) is 0 Å². The molecule has 0 saturated heterocycles. The summed E-state index contributed by atoms with van der Waals surface area (Å²) in [6.45, 7) is 6.99. The highest BCUT2D eigenvalue weighted by atomic mass is 16.3. The second-order valence-electron chi connectivity index (χ2n) is 6.01. The van der Waals surface area contributed by atoms with E-state index in [1.54, 1.807) is 0 Å². The van der Waals surface area contributed by atoms with E-state index in [-0.39, 0.29) is 11.5 Å². The standard InChI is InChI=1S/C13H22O/c1-12(2)8-5-9-13(3)10(12)6-4-7-11(13)14/h4,7,10-11,14H,5-6,8-9H2,1-3H3/t10-,11-,13-/m0/s1. The number of aliphatic hydroxyl groups excluding tert-OH is 1. The molecule has 0 aliphatic heterocycles. The zero-order valence-corrected chi connectivity index (χ0v) is 9.59. The van der Waals surface area contributed by atoms with Crippen LogP contribution in [0.15, 0.2) is 12.2 Å². The molecule has 0 aromatic heterocycles. The van der Waals surface area contributed by atoms with E-state index in [1.165, 1.54) is 19.3 Å². The van der Waals surface area contributed by atoms with Crippen LogP contribution in [0.4, 0.5) is 0 Å². The van der Waals surface area contributed by atoms with Gasteiger partial charge in [-0.1, -0.05) is 39.3 Å². The van der Waals surface area contributed by atoms with Crippen LogP contribution in [-0.4, -0.2) is 11.2 Å². The predicted molar refractivity (Wildman–Crippen MR) is 59.0 cm³/mol. The van der Waals surface area contributed by atoms with Crippen molar-refractivity contribution in [1.29, 1.82) is 0 Å². The van der Waals surface area contributed by atoms with Gasteiger partial charge in [0.1, 0.15) is 0 Å². The quantitative estimate of drug-likeness (QED) is 0.587. The topological polar surface area (TPSA) is 20.2 Å². The van der Waals surface area contributed by atoms with E-state index in [2.05, 4.69) is 26.8 Å². The SMILES string of the molecule is CC1(C)CCC[C@]2(C)[C@@H](O)C=CC[C@@H]12. The number of hydrogen-bond acceptors (Lipinski definition) is 1. The van der Waals surface area contributed by atoms with E-state index < -0.39 is 0 Å². The average Bonchev–Trinajstić information content (AvgIpc) is 2.08. The highest BCUT2D eigenvalue weighted by molar-refractivity contribution is 5.11. The molecule has 2 rings (SSSR count). The van der Waals surface area contributed by atoms with Crippen LogP contribution in [0.2, 0.25) is 0 Å². The van der Waals surface area contributed by atoms with Gasteiger partial charge in [0.2, 0.25) is 0 Å². The first-order chi connectivity index (χ1) is 6.47. The van der Waals surface area contributed by atoms with Gasteiger partial charge in [-0.25, -0.2) is 0 Å². The van der Waals surface area contributed by atoms with Gasteiger partial charge in [-0.3, -0.25) is 0 Å². The molecule has 0 amide bonds. The first-order valence-electron chi connectivity index (χ1n) is 5.81. The lowest BCUT2D eigenvalue weighted by atomic mass is 9.52. The monoisotopic (exact) mass is 194 g/mol. The Kier molecular flexibility index (Phi) is 2.26. The maximum atomic E-state index is 10.1. The van der Waals surface area contributed by atoms with Crippen molar-refractivity contribution in [3.8, 4) is 0 Å².